The minimum Gasteiger partial charge on any atom is -0.493 e. The van der Waals surface area contributed by atoms with E-state index in [1.165, 1.54) is 18.9 Å². The number of urea groups is 1. The second kappa shape index (κ2) is 8.68. The molecule has 0 fully saturated rings. The molecule has 30 heavy (non-hydrogen) atoms. The third-order valence-corrected chi connectivity index (χ3v) is 4.48. The number of aromatic amines is 1. The van der Waals surface area contributed by atoms with Crippen LogP contribution in [0.2, 0.25) is 0 Å². The second-order valence-corrected chi connectivity index (χ2v) is 6.54. The minimum atomic E-state index is -0.493. The number of aryl methyl sites for hydroxylation is 2. The summed E-state index contributed by atoms with van der Waals surface area (Å²) in [6, 6.07) is 6.21. The molecule has 1 aromatic carbocycles. The van der Waals surface area contributed by atoms with Crippen molar-refractivity contribution in [2.45, 2.75) is 27.2 Å². The zero-order valence-electron chi connectivity index (χ0n) is 17.5. The Kier molecular flexibility index (Phi) is 6.05. The summed E-state index contributed by atoms with van der Waals surface area (Å²) in [5.41, 5.74) is 2.17. The molecule has 3 rings (SSSR count). The highest BCUT2D eigenvalue weighted by Crippen LogP contribution is 2.29. The fraction of sp³-hybridized carbons (Fsp3) is 0.300. The maximum Gasteiger partial charge on any atom is 0.324 e. The van der Waals surface area contributed by atoms with Crippen LogP contribution in [0.4, 0.5) is 16.3 Å². The van der Waals surface area contributed by atoms with Crippen LogP contribution in [-0.2, 0) is 6.42 Å². The van der Waals surface area contributed by atoms with E-state index in [0.717, 1.165) is 0 Å². The predicted molar refractivity (Wildman–Crippen MR) is 113 cm³/mol. The highest BCUT2D eigenvalue weighted by Gasteiger charge is 2.15. The van der Waals surface area contributed by atoms with Crippen LogP contribution >= 0.6 is 0 Å². The molecule has 0 radical (unpaired) electrons. The lowest BCUT2D eigenvalue weighted by Gasteiger charge is -2.12. The number of hydrogen-bond acceptors (Lipinski definition) is 6. The number of benzene rings is 1. The summed E-state index contributed by atoms with van der Waals surface area (Å²) in [5.74, 6) is 1.63. The Morgan fingerprint density at radius 2 is 1.87 bits per heavy atom. The van der Waals surface area contributed by atoms with Gasteiger partial charge in [-0.15, -0.1) is 0 Å². The van der Waals surface area contributed by atoms with Crippen molar-refractivity contribution >= 4 is 17.5 Å². The summed E-state index contributed by atoms with van der Waals surface area (Å²) >= 11 is 0. The van der Waals surface area contributed by atoms with Gasteiger partial charge in [0.2, 0.25) is 5.95 Å². The molecule has 10 nitrogen and oxygen atoms in total. The normalized spacial score (nSPS) is 10.6. The number of ether oxygens (including phenoxy) is 2. The van der Waals surface area contributed by atoms with Crippen LogP contribution in [0.1, 0.15) is 23.9 Å². The molecule has 0 aliphatic rings. The van der Waals surface area contributed by atoms with E-state index in [1.54, 1.807) is 38.1 Å². The number of carbonyl (C=O) groups is 1. The number of anilines is 2. The molecule has 2 aromatic heterocycles. The van der Waals surface area contributed by atoms with Crippen LogP contribution in [0.25, 0.3) is 5.95 Å². The molecule has 0 bridgehead atoms. The number of carbonyl (C=O) groups excluding carboxylic acids is 1. The number of nitrogens with zero attached hydrogens (tertiary/aromatic N) is 3. The zero-order chi connectivity index (χ0) is 21.8. The van der Waals surface area contributed by atoms with Gasteiger partial charge in [0, 0.05) is 29.1 Å². The van der Waals surface area contributed by atoms with Gasteiger partial charge in [-0.25, -0.2) is 9.78 Å². The van der Waals surface area contributed by atoms with Gasteiger partial charge in [-0.1, -0.05) is 6.92 Å². The molecule has 2 heterocycles. The van der Waals surface area contributed by atoms with Crippen molar-refractivity contribution in [1.82, 2.24) is 19.7 Å². The van der Waals surface area contributed by atoms with Gasteiger partial charge < -0.3 is 14.8 Å². The van der Waals surface area contributed by atoms with E-state index < -0.39 is 6.03 Å². The van der Waals surface area contributed by atoms with Crippen molar-refractivity contribution in [3.63, 3.8) is 0 Å². The Balaban J connectivity index is 1.85. The lowest BCUT2D eigenvalue weighted by Crippen LogP contribution is -2.24. The molecule has 10 heteroatoms. The highest BCUT2D eigenvalue weighted by molar-refractivity contribution is 5.99. The van der Waals surface area contributed by atoms with Gasteiger partial charge in [0.15, 0.2) is 11.5 Å². The van der Waals surface area contributed by atoms with Crippen LogP contribution in [0.15, 0.2) is 29.1 Å². The molecule has 0 saturated carbocycles. The van der Waals surface area contributed by atoms with Crippen molar-refractivity contribution in [2.24, 2.45) is 0 Å². The average molecular weight is 412 g/mol. The van der Waals surface area contributed by atoms with E-state index in [9.17, 15) is 9.59 Å². The summed E-state index contributed by atoms with van der Waals surface area (Å²) in [5, 5.41) is 9.79. The quantitative estimate of drug-likeness (QED) is 0.572. The van der Waals surface area contributed by atoms with Crippen LogP contribution in [-0.4, -0.2) is 40.0 Å². The Hall–Kier alpha value is -3.82. The van der Waals surface area contributed by atoms with Crippen molar-refractivity contribution in [3.8, 4) is 17.4 Å². The minimum absolute atomic E-state index is 0.226. The third-order valence-electron chi connectivity index (χ3n) is 4.48. The molecule has 0 aliphatic heterocycles. The molecule has 0 spiro atoms. The van der Waals surface area contributed by atoms with Gasteiger partial charge in [0.05, 0.1) is 19.9 Å². The number of methoxy groups -OCH3 is 2. The fourth-order valence-electron chi connectivity index (χ4n) is 3.05. The lowest BCUT2D eigenvalue weighted by atomic mass is 10.2. The fourth-order valence-corrected chi connectivity index (χ4v) is 3.05. The molecule has 0 atom stereocenters. The second-order valence-electron chi connectivity index (χ2n) is 6.54. The monoisotopic (exact) mass is 412 g/mol. The number of hydrogen-bond donors (Lipinski definition) is 3. The standard InChI is InChI=1S/C20H24N6O4/c1-6-14-12(3)21-19(24-18(14)27)26-17(9-11(2)25-26)23-20(28)22-13-7-8-15(29-4)16(10-13)30-5/h7-10H,6H2,1-5H3,(H,21,24,27)(H2,22,23,28). The van der Waals surface area contributed by atoms with E-state index in [0.29, 0.717) is 46.4 Å². The Labute approximate surface area is 173 Å². The molecule has 0 unspecified atom stereocenters. The Bertz CT molecular complexity index is 1130. The van der Waals surface area contributed by atoms with Crippen LogP contribution < -0.4 is 25.7 Å². The van der Waals surface area contributed by atoms with Crippen LogP contribution in [0.3, 0.4) is 0 Å². The van der Waals surface area contributed by atoms with Crippen molar-refractivity contribution in [3.05, 3.63) is 51.6 Å². The lowest BCUT2D eigenvalue weighted by molar-refractivity contribution is 0.262. The molecule has 3 N–H and O–H groups in total. The smallest absolute Gasteiger partial charge is 0.324 e. The number of amides is 2. The van der Waals surface area contributed by atoms with E-state index in [4.69, 9.17) is 9.47 Å². The summed E-state index contributed by atoms with van der Waals surface area (Å²) in [6.45, 7) is 5.44. The Morgan fingerprint density at radius 1 is 1.13 bits per heavy atom. The first kappa shape index (κ1) is 20.9. The first-order chi connectivity index (χ1) is 14.4. The number of H-pyrrole nitrogens is 1. The largest absolute Gasteiger partial charge is 0.493 e. The van der Waals surface area contributed by atoms with Gasteiger partial charge in [0.25, 0.3) is 5.56 Å². The topological polar surface area (TPSA) is 123 Å². The van der Waals surface area contributed by atoms with E-state index >= 15 is 0 Å². The Morgan fingerprint density at radius 3 is 2.50 bits per heavy atom. The van der Waals surface area contributed by atoms with Crippen molar-refractivity contribution < 1.29 is 14.3 Å². The number of aromatic nitrogens is 4. The molecule has 0 saturated heterocycles. The summed E-state index contributed by atoms with van der Waals surface area (Å²) in [6.07, 6.45) is 0.575. The van der Waals surface area contributed by atoms with E-state index in [1.807, 2.05) is 6.92 Å². The first-order valence-electron chi connectivity index (χ1n) is 9.33. The summed E-state index contributed by atoms with van der Waals surface area (Å²) in [7, 11) is 3.05. The molecule has 3 aromatic rings. The molecule has 0 aliphatic carbocycles. The van der Waals surface area contributed by atoms with Gasteiger partial charge in [-0.2, -0.15) is 9.78 Å². The SMILES string of the molecule is CCc1c(C)nc(-n2nc(C)cc2NC(=O)Nc2ccc(OC)c(OC)c2)[nH]c1=O. The average Bonchev–Trinajstić information content (AvgIpc) is 3.07. The van der Waals surface area contributed by atoms with Crippen molar-refractivity contribution in [1.29, 1.82) is 0 Å². The molecule has 2 amide bonds. The van der Waals surface area contributed by atoms with Crippen LogP contribution in [0.5, 0.6) is 11.5 Å². The zero-order valence-corrected chi connectivity index (χ0v) is 17.5. The van der Waals surface area contributed by atoms with Gasteiger partial charge in [0.1, 0.15) is 5.82 Å². The number of nitrogens with one attached hydrogen (secondary N) is 3. The van der Waals surface area contributed by atoms with Crippen LogP contribution in [0, 0.1) is 13.8 Å². The summed E-state index contributed by atoms with van der Waals surface area (Å²) in [4.78, 5) is 32.0. The van der Waals surface area contributed by atoms with Crippen molar-refractivity contribution in [2.75, 3.05) is 24.9 Å². The predicted octanol–water partition coefficient (Wildman–Crippen LogP) is 2.80. The molecular weight excluding hydrogens is 388 g/mol. The molecular formula is C20H24N6O4. The third kappa shape index (κ3) is 4.27. The van der Waals surface area contributed by atoms with Gasteiger partial charge in [-0.05, 0) is 32.4 Å². The van der Waals surface area contributed by atoms with E-state index in [2.05, 4.69) is 25.7 Å². The van der Waals surface area contributed by atoms with Gasteiger partial charge in [-0.3, -0.25) is 15.1 Å². The molecule has 158 valence electrons. The highest BCUT2D eigenvalue weighted by atomic mass is 16.5. The first-order valence-corrected chi connectivity index (χ1v) is 9.33. The maximum absolute atomic E-state index is 12.5. The maximum atomic E-state index is 12.5. The van der Waals surface area contributed by atoms with Gasteiger partial charge >= 0.3 is 6.03 Å². The number of rotatable bonds is 6. The van der Waals surface area contributed by atoms with E-state index in [-0.39, 0.29) is 11.5 Å². The summed E-state index contributed by atoms with van der Waals surface area (Å²) < 4.78 is 11.8.